The van der Waals surface area contributed by atoms with Gasteiger partial charge in [0.2, 0.25) is 0 Å². The highest BCUT2D eigenvalue weighted by molar-refractivity contribution is 7.20. The highest BCUT2D eigenvalue weighted by Gasteiger charge is 2.32. The van der Waals surface area contributed by atoms with Crippen molar-refractivity contribution in [3.05, 3.63) is 46.2 Å². The number of hydrogen-bond donors (Lipinski definition) is 0. The Kier molecular flexibility index (Phi) is 4.23. The maximum absolute atomic E-state index is 13.5. The normalized spacial score (nSPS) is 16.9. The van der Waals surface area contributed by atoms with E-state index in [0.717, 1.165) is 41.6 Å². The lowest BCUT2D eigenvalue weighted by atomic mass is 10.1. The van der Waals surface area contributed by atoms with Crippen LogP contribution in [0.25, 0.3) is 10.2 Å². The van der Waals surface area contributed by atoms with E-state index >= 15 is 0 Å². The second-order valence-electron chi connectivity index (χ2n) is 7.71. The van der Waals surface area contributed by atoms with E-state index in [2.05, 4.69) is 9.88 Å². The van der Waals surface area contributed by atoms with Crippen molar-refractivity contribution in [1.82, 2.24) is 19.7 Å². The van der Waals surface area contributed by atoms with Crippen LogP contribution >= 0.6 is 11.3 Å². The highest BCUT2D eigenvalue weighted by atomic mass is 32.1. The Morgan fingerprint density at radius 3 is 2.85 bits per heavy atom. The standard InChI is InChI=1S/C21H24N4OS/c1-24-18-11-6-9-15(18)17(23-24)13-25(14-7-2-3-8-14)21(26)20-22-16-10-4-5-12-19(16)27-20/h4-5,10,12,14H,2-3,6-9,11,13H2,1H3. The summed E-state index contributed by atoms with van der Waals surface area (Å²) >= 11 is 1.51. The summed E-state index contributed by atoms with van der Waals surface area (Å²) in [6, 6.07) is 8.30. The highest BCUT2D eigenvalue weighted by Crippen LogP contribution is 2.31. The van der Waals surface area contributed by atoms with Gasteiger partial charge in [-0.2, -0.15) is 5.10 Å². The van der Waals surface area contributed by atoms with Crippen molar-refractivity contribution in [2.75, 3.05) is 0 Å². The minimum atomic E-state index is 0.0699. The van der Waals surface area contributed by atoms with Crippen LogP contribution in [-0.4, -0.2) is 31.6 Å². The molecule has 1 saturated carbocycles. The van der Waals surface area contributed by atoms with Crippen LogP contribution in [0.5, 0.6) is 0 Å². The van der Waals surface area contributed by atoms with Crippen LogP contribution in [0.15, 0.2) is 24.3 Å². The van der Waals surface area contributed by atoms with Crippen LogP contribution in [0.4, 0.5) is 0 Å². The summed E-state index contributed by atoms with van der Waals surface area (Å²) in [6.07, 6.45) is 7.98. The summed E-state index contributed by atoms with van der Waals surface area (Å²) in [7, 11) is 2.03. The van der Waals surface area contributed by atoms with E-state index in [0.29, 0.717) is 17.6 Å². The molecule has 2 aliphatic rings. The Morgan fingerprint density at radius 1 is 1.22 bits per heavy atom. The van der Waals surface area contributed by atoms with Gasteiger partial charge in [0.1, 0.15) is 0 Å². The minimum Gasteiger partial charge on any atom is -0.328 e. The van der Waals surface area contributed by atoms with Gasteiger partial charge in [-0.1, -0.05) is 25.0 Å². The Morgan fingerprint density at radius 2 is 2.04 bits per heavy atom. The number of benzene rings is 1. The lowest BCUT2D eigenvalue weighted by Crippen LogP contribution is -2.38. The molecule has 1 aromatic carbocycles. The Labute approximate surface area is 163 Å². The van der Waals surface area contributed by atoms with Crippen LogP contribution in [0.3, 0.4) is 0 Å². The number of carbonyl (C=O) groups is 1. The lowest BCUT2D eigenvalue weighted by Gasteiger charge is -2.28. The maximum Gasteiger partial charge on any atom is 0.283 e. The van der Waals surface area contributed by atoms with Gasteiger partial charge < -0.3 is 4.90 Å². The van der Waals surface area contributed by atoms with Crippen LogP contribution < -0.4 is 0 Å². The molecule has 6 heteroatoms. The molecule has 0 spiro atoms. The molecule has 0 unspecified atom stereocenters. The number of amides is 1. The number of aryl methyl sites for hydroxylation is 1. The number of para-hydroxylation sites is 1. The molecule has 2 heterocycles. The Hall–Kier alpha value is -2.21. The van der Waals surface area contributed by atoms with Crippen molar-refractivity contribution < 1.29 is 4.79 Å². The number of fused-ring (bicyclic) bond motifs is 2. The third-order valence-corrected chi connectivity index (χ3v) is 7.05. The van der Waals surface area contributed by atoms with E-state index in [1.54, 1.807) is 0 Å². The van der Waals surface area contributed by atoms with Gasteiger partial charge in [0.15, 0.2) is 5.01 Å². The number of hydrogen-bond acceptors (Lipinski definition) is 4. The molecule has 1 fully saturated rings. The Balaban J connectivity index is 1.49. The molecule has 5 nitrogen and oxygen atoms in total. The first-order valence-corrected chi connectivity index (χ1v) is 10.7. The zero-order chi connectivity index (χ0) is 18.4. The number of rotatable bonds is 4. The molecule has 0 aliphatic heterocycles. The SMILES string of the molecule is Cn1nc(CN(C(=O)c2nc3ccccc3s2)C2CCCC2)c2c1CCC2. The van der Waals surface area contributed by atoms with E-state index in [1.807, 2.05) is 36.0 Å². The van der Waals surface area contributed by atoms with E-state index in [4.69, 9.17) is 5.10 Å². The molecular formula is C21H24N4OS. The smallest absolute Gasteiger partial charge is 0.283 e. The van der Waals surface area contributed by atoms with E-state index in [-0.39, 0.29) is 5.91 Å². The fraction of sp³-hybridized carbons (Fsp3) is 0.476. The lowest BCUT2D eigenvalue weighted by molar-refractivity contribution is 0.0660. The van der Waals surface area contributed by atoms with Gasteiger partial charge in [0.05, 0.1) is 22.5 Å². The number of aromatic nitrogens is 3. The van der Waals surface area contributed by atoms with E-state index in [9.17, 15) is 4.79 Å². The van der Waals surface area contributed by atoms with Crippen molar-refractivity contribution >= 4 is 27.5 Å². The number of nitrogens with zero attached hydrogens (tertiary/aromatic N) is 4. The van der Waals surface area contributed by atoms with E-state index in [1.165, 1.54) is 41.9 Å². The van der Waals surface area contributed by atoms with Gasteiger partial charge in [0, 0.05) is 18.8 Å². The molecule has 5 rings (SSSR count). The molecular weight excluding hydrogens is 356 g/mol. The number of thiazole rings is 1. The van der Waals surface area contributed by atoms with Gasteiger partial charge in [-0.3, -0.25) is 9.48 Å². The molecule has 2 aliphatic carbocycles. The zero-order valence-electron chi connectivity index (χ0n) is 15.6. The van der Waals surface area contributed by atoms with Crippen LogP contribution in [0.1, 0.15) is 58.9 Å². The van der Waals surface area contributed by atoms with Crippen molar-refractivity contribution in [1.29, 1.82) is 0 Å². The fourth-order valence-corrected chi connectivity index (χ4v) is 5.58. The molecule has 140 valence electrons. The third kappa shape index (κ3) is 2.96. The first-order valence-electron chi connectivity index (χ1n) is 9.91. The van der Waals surface area contributed by atoms with Gasteiger partial charge >= 0.3 is 0 Å². The van der Waals surface area contributed by atoms with Crippen molar-refractivity contribution in [2.24, 2.45) is 7.05 Å². The molecule has 3 aromatic rings. The summed E-state index contributed by atoms with van der Waals surface area (Å²) < 4.78 is 3.10. The van der Waals surface area contributed by atoms with Gasteiger partial charge in [-0.05, 0) is 49.8 Å². The average molecular weight is 381 g/mol. The third-order valence-electron chi connectivity index (χ3n) is 6.02. The maximum atomic E-state index is 13.5. The molecule has 0 atom stereocenters. The summed E-state index contributed by atoms with van der Waals surface area (Å²) in [5, 5.41) is 5.38. The van der Waals surface area contributed by atoms with Crippen molar-refractivity contribution in [3.8, 4) is 0 Å². The average Bonchev–Trinajstić information content (AvgIpc) is 3.45. The minimum absolute atomic E-state index is 0.0699. The van der Waals surface area contributed by atoms with Crippen molar-refractivity contribution in [3.63, 3.8) is 0 Å². The molecule has 1 amide bonds. The first kappa shape index (κ1) is 16.9. The molecule has 0 N–H and O–H groups in total. The predicted molar refractivity (Wildman–Crippen MR) is 107 cm³/mol. The van der Waals surface area contributed by atoms with Gasteiger partial charge in [-0.25, -0.2) is 4.98 Å². The molecule has 0 bridgehead atoms. The summed E-state index contributed by atoms with van der Waals surface area (Å²) in [6.45, 7) is 0.614. The van der Waals surface area contributed by atoms with Crippen LogP contribution in [-0.2, 0) is 26.4 Å². The summed E-state index contributed by atoms with van der Waals surface area (Å²) in [5.74, 6) is 0.0699. The second kappa shape index (κ2) is 6.75. The summed E-state index contributed by atoms with van der Waals surface area (Å²) in [4.78, 5) is 20.1. The van der Waals surface area contributed by atoms with Crippen LogP contribution in [0.2, 0.25) is 0 Å². The quantitative estimate of drug-likeness (QED) is 0.685. The predicted octanol–water partition coefficient (Wildman–Crippen LogP) is 4.10. The molecule has 2 aromatic heterocycles. The summed E-state index contributed by atoms with van der Waals surface area (Å²) in [5.41, 5.74) is 4.73. The van der Waals surface area contributed by atoms with E-state index < -0.39 is 0 Å². The van der Waals surface area contributed by atoms with Gasteiger partial charge in [-0.15, -0.1) is 11.3 Å². The monoisotopic (exact) mass is 380 g/mol. The molecule has 0 saturated heterocycles. The first-order chi connectivity index (χ1) is 13.2. The fourth-order valence-electron chi connectivity index (χ4n) is 4.66. The van der Waals surface area contributed by atoms with Gasteiger partial charge in [0.25, 0.3) is 5.91 Å². The van der Waals surface area contributed by atoms with Crippen LogP contribution in [0, 0.1) is 0 Å². The largest absolute Gasteiger partial charge is 0.328 e. The second-order valence-corrected chi connectivity index (χ2v) is 8.74. The topological polar surface area (TPSA) is 51.0 Å². The zero-order valence-corrected chi connectivity index (χ0v) is 16.5. The molecule has 27 heavy (non-hydrogen) atoms. The Bertz CT molecular complexity index is 966. The number of carbonyl (C=O) groups excluding carboxylic acids is 1. The van der Waals surface area contributed by atoms with Crippen molar-refractivity contribution in [2.45, 2.75) is 57.5 Å². The molecule has 0 radical (unpaired) electrons.